The Kier molecular flexibility index (Phi) is 4.60. The summed E-state index contributed by atoms with van der Waals surface area (Å²) in [6.07, 6.45) is 1.06. The zero-order chi connectivity index (χ0) is 19.1. The van der Waals surface area contributed by atoms with Crippen LogP contribution in [0.1, 0.15) is 52.3 Å². The number of rotatable bonds is 4. The normalized spacial score (nSPS) is 12.6. The fraction of sp³-hybridized carbons (Fsp3) is 0.435. The molecule has 0 atom stereocenters. The molecule has 0 amide bonds. The lowest BCUT2D eigenvalue weighted by molar-refractivity contribution is 0.302. The first-order valence-corrected chi connectivity index (χ1v) is 9.39. The van der Waals surface area contributed by atoms with E-state index in [2.05, 4.69) is 101 Å². The molecule has 138 valence electrons. The number of imidazole rings is 1. The Hall–Kier alpha value is -2.29. The van der Waals surface area contributed by atoms with Gasteiger partial charge < -0.3 is 5.32 Å². The van der Waals surface area contributed by atoms with Gasteiger partial charge in [-0.2, -0.15) is 0 Å². The highest BCUT2D eigenvalue weighted by molar-refractivity contribution is 5.77. The average Bonchev–Trinajstić information content (AvgIpc) is 2.85. The van der Waals surface area contributed by atoms with Gasteiger partial charge in [-0.25, -0.2) is 4.98 Å². The van der Waals surface area contributed by atoms with Gasteiger partial charge in [0.2, 0.25) is 0 Å². The number of nitrogens with one attached hydrogen (secondary N) is 1. The predicted octanol–water partition coefficient (Wildman–Crippen LogP) is 6.24. The third kappa shape index (κ3) is 3.92. The summed E-state index contributed by atoms with van der Waals surface area (Å²) in [5.41, 5.74) is 5.79. The SMILES string of the molecule is Cc1ccc(-c2nc3cccc(C)n3c2NC(C)(C)CC(C)(C)C)cc1. The predicted molar refractivity (Wildman–Crippen MR) is 112 cm³/mol. The topological polar surface area (TPSA) is 29.3 Å². The maximum atomic E-state index is 4.95. The molecule has 1 N–H and O–H groups in total. The van der Waals surface area contributed by atoms with Crippen LogP contribution < -0.4 is 5.32 Å². The molecule has 0 saturated heterocycles. The molecule has 26 heavy (non-hydrogen) atoms. The second-order valence-electron chi connectivity index (χ2n) is 9.28. The number of hydrogen-bond donors (Lipinski definition) is 1. The molecule has 0 saturated carbocycles. The maximum absolute atomic E-state index is 4.95. The van der Waals surface area contributed by atoms with Crippen LogP contribution in [0.5, 0.6) is 0 Å². The van der Waals surface area contributed by atoms with Gasteiger partial charge in [-0.15, -0.1) is 0 Å². The van der Waals surface area contributed by atoms with E-state index in [0.29, 0.717) is 0 Å². The van der Waals surface area contributed by atoms with Gasteiger partial charge in [0.1, 0.15) is 17.2 Å². The van der Waals surface area contributed by atoms with Gasteiger partial charge in [0, 0.05) is 16.8 Å². The number of fused-ring (bicyclic) bond motifs is 1. The van der Waals surface area contributed by atoms with Crippen molar-refractivity contribution in [3.63, 3.8) is 0 Å². The summed E-state index contributed by atoms with van der Waals surface area (Å²) in [5, 5.41) is 3.82. The summed E-state index contributed by atoms with van der Waals surface area (Å²) in [7, 11) is 0. The third-order valence-electron chi connectivity index (χ3n) is 4.59. The number of aryl methyl sites for hydroxylation is 2. The third-order valence-corrected chi connectivity index (χ3v) is 4.59. The van der Waals surface area contributed by atoms with Crippen LogP contribution in [0.3, 0.4) is 0 Å². The van der Waals surface area contributed by atoms with Gasteiger partial charge in [0.15, 0.2) is 0 Å². The minimum Gasteiger partial charge on any atom is -0.364 e. The molecular weight excluding hydrogens is 318 g/mol. The molecule has 0 aliphatic carbocycles. The van der Waals surface area contributed by atoms with Crippen LogP contribution in [-0.4, -0.2) is 14.9 Å². The second kappa shape index (κ2) is 6.46. The van der Waals surface area contributed by atoms with E-state index < -0.39 is 0 Å². The Bertz CT molecular complexity index is 909. The van der Waals surface area contributed by atoms with Crippen molar-refractivity contribution >= 4 is 11.5 Å². The summed E-state index contributed by atoms with van der Waals surface area (Å²) in [5.74, 6) is 1.08. The lowest BCUT2D eigenvalue weighted by Crippen LogP contribution is -2.36. The van der Waals surface area contributed by atoms with Gasteiger partial charge in [-0.3, -0.25) is 4.40 Å². The number of hydrogen-bond acceptors (Lipinski definition) is 2. The number of aromatic nitrogens is 2. The van der Waals surface area contributed by atoms with Gasteiger partial charge in [0.05, 0.1) is 0 Å². The fourth-order valence-electron chi connectivity index (χ4n) is 3.97. The van der Waals surface area contributed by atoms with Gasteiger partial charge >= 0.3 is 0 Å². The van der Waals surface area contributed by atoms with Gasteiger partial charge in [0.25, 0.3) is 0 Å². The lowest BCUT2D eigenvalue weighted by atomic mass is 9.82. The van der Waals surface area contributed by atoms with Crippen molar-refractivity contribution < 1.29 is 0 Å². The Morgan fingerprint density at radius 2 is 1.58 bits per heavy atom. The molecule has 2 aromatic heterocycles. The maximum Gasteiger partial charge on any atom is 0.139 e. The van der Waals surface area contributed by atoms with Crippen LogP contribution in [0.15, 0.2) is 42.5 Å². The molecule has 0 aliphatic rings. The highest BCUT2D eigenvalue weighted by Crippen LogP contribution is 2.35. The molecule has 3 nitrogen and oxygen atoms in total. The fourth-order valence-corrected chi connectivity index (χ4v) is 3.97. The number of pyridine rings is 1. The van der Waals surface area contributed by atoms with Crippen molar-refractivity contribution in [1.82, 2.24) is 9.38 Å². The Morgan fingerprint density at radius 3 is 2.19 bits per heavy atom. The van der Waals surface area contributed by atoms with E-state index in [0.717, 1.165) is 29.1 Å². The zero-order valence-electron chi connectivity index (χ0n) is 17.1. The van der Waals surface area contributed by atoms with Crippen LogP contribution in [0.2, 0.25) is 0 Å². The highest BCUT2D eigenvalue weighted by atomic mass is 15.2. The first-order chi connectivity index (χ1) is 12.1. The molecule has 0 spiro atoms. The van der Waals surface area contributed by atoms with Gasteiger partial charge in [-0.05, 0) is 51.7 Å². The first-order valence-electron chi connectivity index (χ1n) is 9.39. The van der Waals surface area contributed by atoms with Crippen LogP contribution >= 0.6 is 0 Å². The Balaban J connectivity index is 2.15. The van der Waals surface area contributed by atoms with E-state index >= 15 is 0 Å². The number of anilines is 1. The van der Waals surface area contributed by atoms with Crippen LogP contribution in [0, 0.1) is 19.3 Å². The minimum absolute atomic E-state index is 0.0457. The molecule has 3 rings (SSSR count). The number of nitrogens with zero attached hydrogens (tertiary/aromatic N) is 2. The largest absolute Gasteiger partial charge is 0.364 e. The molecule has 0 aliphatic heterocycles. The molecule has 0 radical (unpaired) electrons. The van der Waals surface area contributed by atoms with E-state index in [-0.39, 0.29) is 11.0 Å². The molecule has 0 unspecified atom stereocenters. The van der Waals surface area contributed by atoms with Crippen molar-refractivity contribution in [2.24, 2.45) is 5.41 Å². The van der Waals surface area contributed by atoms with Crippen LogP contribution in [-0.2, 0) is 0 Å². The zero-order valence-corrected chi connectivity index (χ0v) is 17.1. The van der Waals surface area contributed by atoms with E-state index in [1.165, 1.54) is 11.3 Å². The van der Waals surface area contributed by atoms with Crippen molar-refractivity contribution in [2.75, 3.05) is 5.32 Å². The van der Waals surface area contributed by atoms with Crippen molar-refractivity contribution in [1.29, 1.82) is 0 Å². The lowest BCUT2D eigenvalue weighted by Gasteiger charge is -2.34. The monoisotopic (exact) mass is 349 g/mol. The molecule has 0 fully saturated rings. The molecule has 2 heterocycles. The summed E-state index contributed by atoms with van der Waals surface area (Å²) in [4.78, 5) is 4.95. The first kappa shape index (κ1) is 18.5. The highest BCUT2D eigenvalue weighted by Gasteiger charge is 2.28. The van der Waals surface area contributed by atoms with Crippen LogP contribution in [0.25, 0.3) is 16.9 Å². The smallest absolute Gasteiger partial charge is 0.139 e. The Morgan fingerprint density at radius 1 is 0.923 bits per heavy atom. The van der Waals surface area contributed by atoms with Crippen molar-refractivity contribution in [2.45, 2.75) is 60.4 Å². The minimum atomic E-state index is -0.0457. The summed E-state index contributed by atoms with van der Waals surface area (Å²) in [6.45, 7) is 15.7. The van der Waals surface area contributed by atoms with Crippen molar-refractivity contribution in [3.8, 4) is 11.3 Å². The van der Waals surface area contributed by atoms with E-state index in [9.17, 15) is 0 Å². The average molecular weight is 350 g/mol. The standard InChI is InChI=1S/C23H31N3/c1-16-11-13-18(14-12-16)20-21(25-23(6,7)15-22(3,4)5)26-17(2)9-8-10-19(26)24-20/h8-14,25H,15H2,1-7H3. The summed E-state index contributed by atoms with van der Waals surface area (Å²) < 4.78 is 2.24. The summed E-state index contributed by atoms with van der Waals surface area (Å²) >= 11 is 0. The van der Waals surface area contributed by atoms with E-state index in [4.69, 9.17) is 4.98 Å². The number of benzene rings is 1. The summed E-state index contributed by atoms with van der Waals surface area (Å²) in [6, 6.07) is 14.9. The quantitative estimate of drug-likeness (QED) is 0.603. The molecular formula is C23H31N3. The van der Waals surface area contributed by atoms with Crippen molar-refractivity contribution in [3.05, 3.63) is 53.7 Å². The molecule has 3 heteroatoms. The molecule has 3 aromatic rings. The second-order valence-corrected chi connectivity index (χ2v) is 9.28. The van der Waals surface area contributed by atoms with E-state index in [1.54, 1.807) is 0 Å². The van der Waals surface area contributed by atoms with Gasteiger partial charge in [-0.1, -0.05) is 56.7 Å². The Labute approximate surface area is 157 Å². The van der Waals surface area contributed by atoms with E-state index in [1.807, 2.05) is 0 Å². The molecule has 0 bridgehead atoms. The van der Waals surface area contributed by atoms with Crippen LogP contribution in [0.4, 0.5) is 5.82 Å². The molecule has 1 aromatic carbocycles.